The van der Waals surface area contributed by atoms with Crippen LogP contribution >= 0.6 is 0 Å². The fraction of sp³-hybridized carbons (Fsp3) is 0.292. The van der Waals surface area contributed by atoms with Gasteiger partial charge < -0.3 is 10.1 Å². The van der Waals surface area contributed by atoms with Gasteiger partial charge in [-0.3, -0.25) is 9.78 Å². The predicted molar refractivity (Wildman–Crippen MR) is 123 cm³/mol. The molecule has 0 saturated carbocycles. The highest BCUT2D eigenvalue weighted by molar-refractivity contribution is 7.89. The largest absolute Gasteiger partial charge is 0.449 e. The van der Waals surface area contributed by atoms with Crippen LogP contribution < -0.4 is 10.5 Å². The SMILES string of the molecule is CC(OC(=O)c1c2c(nc3ccccc13)CCC2)C(=O)NCCc1ccc(S(N)(=O)=O)cc1. The monoisotopic (exact) mass is 467 g/mol. The first kappa shape index (κ1) is 22.9. The molecule has 0 fully saturated rings. The van der Waals surface area contributed by atoms with Crippen LogP contribution in [0.3, 0.4) is 0 Å². The van der Waals surface area contributed by atoms with E-state index in [1.54, 1.807) is 12.1 Å². The number of nitrogens with one attached hydrogen (secondary N) is 1. The molecule has 1 unspecified atom stereocenters. The average Bonchev–Trinajstić information content (AvgIpc) is 3.24. The predicted octanol–water partition coefficient (Wildman–Crippen LogP) is 2.28. The number of nitrogens with two attached hydrogens (primary N) is 1. The number of aryl methyl sites for hydroxylation is 1. The number of pyridine rings is 1. The zero-order valence-corrected chi connectivity index (χ0v) is 19.0. The smallest absolute Gasteiger partial charge is 0.339 e. The molecule has 1 aliphatic carbocycles. The van der Waals surface area contributed by atoms with Crippen LogP contribution in [0.4, 0.5) is 0 Å². The second-order valence-corrected chi connectivity index (χ2v) is 9.62. The van der Waals surface area contributed by atoms with Crippen LogP contribution in [0.1, 0.15) is 40.5 Å². The van der Waals surface area contributed by atoms with E-state index >= 15 is 0 Å². The molecule has 2 aromatic carbocycles. The van der Waals surface area contributed by atoms with Crippen molar-refractivity contribution < 1.29 is 22.7 Å². The Balaban J connectivity index is 1.38. The van der Waals surface area contributed by atoms with Gasteiger partial charge in [0.2, 0.25) is 10.0 Å². The van der Waals surface area contributed by atoms with Crippen LogP contribution in [0.2, 0.25) is 0 Å². The Labute approximate surface area is 192 Å². The van der Waals surface area contributed by atoms with E-state index in [0.717, 1.165) is 47.0 Å². The minimum Gasteiger partial charge on any atom is -0.449 e. The molecule has 3 aromatic rings. The zero-order chi connectivity index (χ0) is 23.6. The molecule has 0 radical (unpaired) electrons. The summed E-state index contributed by atoms with van der Waals surface area (Å²) in [5.41, 5.74) is 3.92. The number of hydrogen-bond acceptors (Lipinski definition) is 6. The van der Waals surface area contributed by atoms with Gasteiger partial charge in [0.05, 0.1) is 16.0 Å². The van der Waals surface area contributed by atoms with Gasteiger partial charge in [0.1, 0.15) is 0 Å². The van der Waals surface area contributed by atoms with Crippen molar-refractivity contribution in [3.63, 3.8) is 0 Å². The first-order valence-electron chi connectivity index (χ1n) is 10.7. The van der Waals surface area contributed by atoms with Crippen molar-refractivity contribution in [2.75, 3.05) is 6.54 Å². The summed E-state index contributed by atoms with van der Waals surface area (Å²) in [4.78, 5) is 30.2. The molecule has 1 aliphatic rings. The minimum atomic E-state index is -3.74. The van der Waals surface area contributed by atoms with Crippen LogP contribution in [-0.4, -0.2) is 37.9 Å². The Bertz CT molecular complexity index is 1320. The number of aromatic nitrogens is 1. The molecule has 0 aliphatic heterocycles. The van der Waals surface area contributed by atoms with E-state index in [9.17, 15) is 18.0 Å². The van der Waals surface area contributed by atoms with Gasteiger partial charge in [-0.1, -0.05) is 30.3 Å². The number of benzene rings is 2. The molecule has 1 heterocycles. The third-order valence-electron chi connectivity index (χ3n) is 5.74. The lowest BCUT2D eigenvalue weighted by molar-refractivity contribution is -0.129. The van der Waals surface area contributed by atoms with Gasteiger partial charge in [0.15, 0.2) is 6.10 Å². The molecule has 1 atom stereocenters. The van der Waals surface area contributed by atoms with Crippen LogP contribution in [-0.2, 0) is 38.8 Å². The van der Waals surface area contributed by atoms with Crippen molar-refractivity contribution >= 4 is 32.8 Å². The average molecular weight is 468 g/mol. The maximum Gasteiger partial charge on any atom is 0.339 e. The molecule has 9 heteroatoms. The van der Waals surface area contributed by atoms with E-state index in [0.29, 0.717) is 18.5 Å². The molecular formula is C24H25N3O5S. The Morgan fingerprint density at radius 1 is 1.12 bits per heavy atom. The molecule has 33 heavy (non-hydrogen) atoms. The number of carbonyl (C=O) groups is 2. The summed E-state index contributed by atoms with van der Waals surface area (Å²) in [6.07, 6.45) is 2.05. The number of nitrogens with zero attached hydrogens (tertiary/aromatic N) is 1. The Morgan fingerprint density at radius 3 is 2.58 bits per heavy atom. The molecule has 0 bridgehead atoms. The summed E-state index contributed by atoms with van der Waals surface area (Å²) in [5.74, 6) is -0.924. The van der Waals surface area contributed by atoms with Gasteiger partial charge >= 0.3 is 5.97 Å². The van der Waals surface area contributed by atoms with Gasteiger partial charge in [0.25, 0.3) is 5.91 Å². The summed E-state index contributed by atoms with van der Waals surface area (Å²) in [5, 5.41) is 8.58. The summed E-state index contributed by atoms with van der Waals surface area (Å²) >= 11 is 0. The number of rotatable bonds is 7. The molecular weight excluding hydrogens is 442 g/mol. The number of primary sulfonamides is 1. The molecule has 1 amide bonds. The van der Waals surface area contributed by atoms with Crippen LogP contribution in [0.5, 0.6) is 0 Å². The third kappa shape index (κ3) is 5.04. The van der Waals surface area contributed by atoms with Gasteiger partial charge in [-0.2, -0.15) is 0 Å². The van der Waals surface area contributed by atoms with Crippen molar-refractivity contribution in [2.45, 2.75) is 43.6 Å². The van der Waals surface area contributed by atoms with E-state index in [4.69, 9.17) is 9.88 Å². The van der Waals surface area contributed by atoms with E-state index in [1.165, 1.54) is 19.1 Å². The third-order valence-corrected chi connectivity index (χ3v) is 6.67. The molecule has 172 valence electrons. The van der Waals surface area contributed by atoms with E-state index in [1.807, 2.05) is 24.3 Å². The summed E-state index contributed by atoms with van der Waals surface area (Å²) in [6.45, 7) is 1.85. The van der Waals surface area contributed by atoms with Gasteiger partial charge in [-0.15, -0.1) is 0 Å². The number of para-hydroxylation sites is 1. The number of fused-ring (bicyclic) bond motifs is 2. The summed E-state index contributed by atoms with van der Waals surface area (Å²) in [6, 6.07) is 13.6. The van der Waals surface area contributed by atoms with Crippen molar-refractivity contribution in [2.24, 2.45) is 5.14 Å². The van der Waals surface area contributed by atoms with Gasteiger partial charge in [-0.05, 0) is 61.9 Å². The lowest BCUT2D eigenvalue weighted by Crippen LogP contribution is -2.37. The lowest BCUT2D eigenvalue weighted by atomic mass is 10.0. The highest BCUT2D eigenvalue weighted by Crippen LogP contribution is 2.30. The Morgan fingerprint density at radius 2 is 1.85 bits per heavy atom. The quantitative estimate of drug-likeness (QED) is 0.513. The summed E-state index contributed by atoms with van der Waals surface area (Å²) < 4.78 is 28.2. The van der Waals surface area contributed by atoms with E-state index in [-0.39, 0.29) is 4.90 Å². The molecule has 0 spiro atoms. The maximum absolute atomic E-state index is 13.1. The Hall–Kier alpha value is -3.30. The number of hydrogen-bond donors (Lipinski definition) is 2. The molecule has 8 nitrogen and oxygen atoms in total. The first-order valence-corrected chi connectivity index (χ1v) is 12.3. The fourth-order valence-electron chi connectivity index (χ4n) is 4.04. The topological polar surface area (TPSA) is 128 Å². The molecule has 0 saturated heterocycles. The zero-order valence-electron chi connectivity index (χ0n) is 18.2. The highest BCUT2D eigenvalue weighted by Gasteiger charge is 2.27. The van der Waals surface area contributed by atoms with Crippen molar-refractivity contribution in [3.05, 3.63) is 70.9 Å². The number of sulfonamides is 1. The van der Waals surface area contributed by atoms with Crippen molar-refractivity contribution in [3.8, 4) is 0 Å². The fourth-order valence-corrected chi connectivity index (χ4v) is 4.55. The van der Waals surface area contributed by atoms with Crippen molar-refractivity contribution in [1.82, 2.24) is 10.3 Å². The van der Waals surface area contributed by atoms with Crippen LogP contribution in [0.15, 0.2) is 53.4 Å². The minimum absolute atomic E-state index is 0.0333. The van der Waals surface area contributed by atoms with Gasteiger partial charge in [-0.25, -0.2) is 18.4 Å². The second kappa shape index (κ2) is 9.29. The number of esters is 1. The second-order valence-electron chi connectivity index (χ2n) is 8.06. The Kier molecular flexibility index (Phi) is 6.44. The highest BCUT2D eigenvalue weighted by atomic mass is 32.2. The standard InChI is InChI=1S/C24H25N3O5S/c1-15(23(28)26-14-13-16-9-11-17(12-10-16)33(25,30)31)32-24(29)22-18-5-2-3-7-20(18)27-21-8-4-6-19(21)22/h2-3,5,7,9-12,15H,4,6,8,13-14H2,1H3,(H,26,28)(H2,25,30,31). The van der Waals surface area contributed by atoms with Crippen molar-refractivity contribution in [1.29, 1.82) is 0 Å². The number of carbonyl (C=O) groups excluding carboxylic acids is 2. The molecule has 3 N–H and O–H groups in total. The van der Waals surface area contributed by atoms with Gasteiger partial charge in [0, 0.05) is 17.6 Å². The normalized spacial score (nSPS) is 14.0. The molecule has 1 aromatic heterocycles. The lowest BCUT2D eigenvalue weighted by Gasteiger charge is -2.16. The maximum atomic E-state index is 13.1. The van der Waals surface area contributed by atoms with E-state index < -0.39 is 28.0 Å². The summed E-state index contributed by atoms with van der Waals surface area (Å²) in [7, 11) is -3.74. The van der Waals surface area contributed by atoms with E-state index in [2.05, 4.69) is 10.3 Å². The number of ether oxygens (including phenoxy) is 1. The van der Waals surface area contributed by atoms with Crippen LogP contribution in [0, 0.1) is 0 Å². The first-order chi connectivity index (χ1) is 15.7. The number of amides is 1. The molecule has 4 rings (SSSR count). The van der Waals surface area contributed by atoms with Crippen LogP contribution in [0.25, 0.3) is 10.9 Å².